The fraction of sp³-hybridized carbons (Fsp3) is 0.800. The summed E-state index contributed by atoms with van der Waals surface area (Å²) in [7, 11) is 0. The molecule has 0 rings (SSSR count). The van der Waals surface area contributed by atoms with Gasteiger partial charge in [0, 0.05) is 11.7 Å². The third-order valence-electron chi connectivity index (χ3n) is 2.30. The minimum absolute atomic E-state index is 0.0840. The van der Waals surface area contributed by atoms with Crippen molar-refractivity contribution >= 4 is 23.6 Å². The summed E-state index contributed by atoms with van der Waals surface area (Å²) in [4.78, 5) is 21.7. The van der Waals surface area contributed by atoms with E-state index in [4.69, 9.17) is 5.11 Å². The number of aliphatic carboxylic acids is 1. The molecule has 5 heteroatoms. The van der Waals surface area contributed by atoms with E-state index in [0.717, 1.165) is 0 Å². The third kappa shape index (κ3) is 5.06. The molecule has 0 heterocycles. The number of carboxylic acids is 1. The molecule has 0 aliphatic rings. The number of nitrogens with one attached hydrogen (secondary N) is 1. The molecule has 0 aromatic rings. The maximum Gasteiger partial charge on any atom is 0.307 e. The van der Waals surface area contributed by atoms with Crippen molar-refractivity contribution in [3.63, 3.8) is 0 Å². The summed E-state index contributed by atoms with van der Waals surface area (Å²) in [5, 5.41) is 11.6. The monoisotopic (exact) mass is 233 g/mol. The summed E-state index contributed by atoms with van der Waals surface area (Å²) in [6.45, 7) is 8.71. The second-order valence-corrected chi connectivity index (χ2v) is 6.12. The Kier molecular flexibility index (Phi) is 5.14. The van der Waals surface area contributed by atoms with Gasteiger partial charge in [-0.15, -0.1) is 11.8 Å². The molecule has 1 unspecified atom stereocenters. The summed E-state index contributed by atoms with van der Waals surface area (Å²) < 4.78 is -0.409. The van der Waals surface area contributed by atoms with Gasteiger partial charge >= 0.3 is 5.97 Å². The number of carbonyl (C=O) groups excluding carboxylic acids is 1. The fourth-order valence-electron chi connectivity index (χ4n) is 1.17. The van der Waals surface area contributed by atoms with Crippen LogP contribution in [0.15, 0.2) is 0 Å². The molecule has 0 aromatic heterocycles. The van der Waals surface area contributed by atoms with Crippen LogP contribution in [0.2, 0.25) is 0 Å². The molecule has 4 nitrogen and oxygen atoms in total. The molecule has 0 bridgehead atoms. The van der Waals surface area contributed by atoms with Crippen LogP contribution in [0.1, 0.15) is 34.6 Å². The average Bonchev–Trinajstić information content (AvgIpc) is 1.99. The topological polar surface area (TPSA) is 66.4 Å². The maximum atomic E-state index is 10.8. The van der Waals surface area contributed by atoms with Gasteiger partial charge in [0.1, 0.15) is 0 Å². The van der Waals surface area contributed by atoms with Crippen LogP contribution in [0.25, 0.3) is 0 Å². The van der Waals surface area contributed by atoms with Crippen molar-refractivity contribution < 1.29 is 14.7 Å². The van der Waals surface area contributed by atoms with E-state index in [-0.39, 0.29) is 11.3 Å². The highest BCUT2D eigenvalue weighted by Gasteiger charge is 2.33. The first-order valence-electron chi connectivity index (χ1n) is 4.84. The Morgan fingerprint density at radius 2 is 1.80 bits per heavy atom. The van der Waals surface area contributed by atoms with Crippen LogP contribution in [-0.4, -0.2) is 27.1 Å². The van der Waals surface area contributed by atoms with E-state index in [2.05, 4.69) is 5.32 Å². The number of thioether (sulfide) groups is 1. The van der Waals surface area contributed by atoms with Crippen LogP contribution in [0, 0.1) is 5.92 Å². The molecule has 0 aliphatic carbocycles. The Balaban J connectivity index is 4.36. The van der Waals surface area contributed by atoms with Crippen molar-refractivity contribution in [2.24, 2.45) is 5.92 Å². The molecule has 0 aliphatic heterocycles. The van der Waals surface area contributed by atoms with Crippen LogP contribution < -0.4 is 5.32 Å². The number of rotatable bonds is 5. The lowest BCUT2D eigenvalue weighted by atomic mass is 9.97. The van der Waals surface area contributed by atoms with Crippen LogP contribution in [0.3, 0.4) is 0 Å². The zero-order valence-corrected chi connectivity index (χ0v) is 10.6. The van der Waals surface area contributed by atoms with Gasteiger partial charge in [-0.1, -0.05) is 6.92 Å². The van der Waals surface area contributed by atoms with Crippen LogP contribution in [0.5, 0.6) is 0 Å². The van der Waals surface area contributed by atoms with Crippen LogP contribution >= 0.6 is 11.8 Å². The molecule has 2 atom stereocenters. The maximum absolute atomic E-state index is 10.8. The first-order chi connectivity index (χ1) is 6.66. The second kappa shape index (κ2) is 5.39. The Labute approximate surface area is 94.8 Å². The Morgan fingerprint density at radius 1 is 1.33 bits per heavy atom. The van der Waals surface area contributed by atoms with Crippen LogP contribution in [-0.2, 0) is 9.59 Å². The van der Waals surface area contributed by atoms with Gasteiger partial charge in [0.15, 0.2) is 0 Å². The van der Waals surface area contributed by atoms with Crippen molar-refractivity contribution in [3.8, 4) is 0 Å². The zero-order valence-electron chi connectivity index (χ0n) is 9.83. The van der Waals surface area contributed by atoms with Gasteiger partial charge in [0.2, 0.25) is 5.91 Å². The molecule has 0 spiro atoms. The standard InChI is InChI=1S/C10H19NO3S/c1-6(9(13)14)10(4,5)15-8(3)11-7(2)12/h6,8H,1-5H3,(H,11,12)(H,13,14)/t6-,8?/m0/s1. The lowest BCUT2D eigenvalue weighted by Gasteiger charge is -2.31. The number of amides is 1. The summed E-state index contributed by atoms with van der Waals surface area (Å²) in [5.74, 6) is -1.38. The van der Waals surface area contributed by atoms with E-state index >= 15 is 0 Å². The summed E-state index contributed by atoms with van der Waals surface area (Å²) >= 11 is 1.45. The van der Waals surface area contributed by atoms with Crippen LogP contribution in [0.4, 0.5) is 0 Å². The zero-order chi connectivity index (χ0) is 12.2. The van der Waals surface area contributed by atoms with E-state index in [1.807, 2.05) is 20.8 Å². The highest BCUT2D eigenvalue weighted by molar-refractivity contribution is 8.01. The quantitative estimate of drug-likeness (QED) is 0.709. The van der Waals surface area contributed by atoms with Gasteiger partial charge in [-0.2, -0.15) is 0 Å². The molecule has 15 heavy (non-hydrogen) atoms. The lowest BCUT2D eigenvalue weighted by Crippen LogP contribution is -2.37. The number of hydrogen-bond acceptors (Lipinski definition) is 3. The molecule has 0 fully saturated rings. The highest BCUT2D eigenvalue weighted by Crippen LogP contribution is 2.34. The highest BCUT2D eigenvalue weighted by atomic mass is 32.2. The van der Waals surface area contributed by atoms with Crippen molar-refractivity contribution in [2.45, 2.75) is 44.7 Å². The smallest absolute Gasteiger partial charge is 0.307 e. The molecule has 0 saturated carbocycles. The molecular weight excluding hydrogens is 214 g/mol. The van der Waals surface area contributed by atoms with E-state index < -0.39 is 16.6 Å². The molecule has 88 valence electrons. The van der Waals surface area contributed by atoms with Gasteiger partial charge in [-0.05, 0) is 20.8 Å². The van der Waals surface area contributed by atoms with Crippen molar-refractivity contribution in [2.75, 3.05) is 0 Å². The largest absolute Gasteiger partial charge is 0.481 e. The fourth-order valence-corrected chi connectivity index (χ4v) is 2.61. The van der Waals surface area contributed by atoms with E-state index in [1.165, 1.54) is 18.7 Å². The molecule has 2 N–H and O–H groups in total. The van der Waals surface area contributed by atoms with E-state index in [9.17, 15) is 9.59 Å². The second-order valence-electron chi connectivity index (χ2n) is 4.12. The summed E-state index contributed by atoms with van der Waals surface area (Å²) in [5.41, 5.74) is 0. The van der Waals surface area contributed by atoms with Gasteiger partial charge in [-0.3, -0.25) is 9.59 Å². The number of carboxylic acid groups (broad SMARTS) is 1. The van der Waals surface area contributed by atoms with E-state index in [0.29, 0.717) is 0 Å². The minimum atomic E-state index is -0.817. The molecule has 0 saturated heterocycles. The van der Waals surface area contributed by atoms with Crippen molar-refractivity contribution in [1.82, 2.24) is 5.32 Å². The summed E-state index contributed by atoms with van der Waals surface area (Å²) in [6.07, 6.45) is 0. The normalized spacial score (nSPS) is 15.5. The van der Waals surface area contributed by atoms with Gasteiger partial charge in [-0.25, -0.2) is 0 Å². The van der Waals surface area contributed by atoms with Gasteiger partial charge in [0.25, 0.3) is 0 Å². The van der Waals surface area contributed by atoms with Gasteiger partial charge < -0.3 is 10.4 Å². The predicted molar refractivity (Wildman–Crippen MR) is 61.7 cm³/mol. The molecule has 0 radical (unpaired) electrons. The van der Waals surface area contributed by atoms with Gasteiger partial charge in [0.05, 0.1) is 11.3 Å². The van der Waals surface area contributed by atoms with Crippen molar-refractivity contribution in [3.05, 3.63) is 0 Å². The average molecular weight is 233 g/mol. The van der Waals surface area contributed by atoms with E-state index in [1.54, 1.807) is 6.92 Å². The first-order valence-corrected chi connectivity index (χ1v) is 5.72. The predicted octanol–water partition coefficient (Wildman–Crippen LogP) is 1.70. The molecule has 1 amide bonds. The number of hydrogen-bond donors (Lipinski definition) is 2. The lowest BCUT2D eigenvalue weighted by molar-refractivity contribution is -0.141. The van der Waals surface area contributed by atoms with Crippen molar-refractivity contribution in [1.29, 1.82) is 0 Å². The Morgan fingerprint density at radius 3 is 2.13 bits per heavy atom. The third-order valence-corrected chi connectivity index (χ3v) is 3.73. The summed E-state index contributed by atoms with van der Waals surface area (Å²) in [6, 6.07) is 0. The number of carbonyl (C=O) groups is 2. The first kappa shape index (κ1) is 14.3. The minimum Gasteiger partial charge on any atom is -0.481 e. The Bertz CT molecular complexity index is 253. The molecular formula is C10H19NO3S. The SMILES string of the molecule is CC(=O)NC(C)SC(C)(C)[C@@H](C)C(=O)O. The molecule has 0 aromatic carbocycles. The Hall–Kier alpha value is -0.710.